The molecule has 0 aromatic heterocycles. The van der Waals surface area contributed by atoms with E-state index in [9.17, 15) is 4.21 Å². The van der Waals surface area contributed by atoms with E-state index in [2.05, 4.69) is 18.9 Å². The van der Waals surface area contributed by atoms with Crippen LogP contribution in [-0.4, -0.2) is 34.5 Å². The largest absolute Gasteiger partial charge is 0.305 e. The van der Waals surface area contributed by atoms with Gasteiger partial charge in [0, 0.05) is 11.4 Å². The third kappa shape index (κ3) is 3.93. The highest BCUT2D eigenvalue weighted by atomic mass is 32.2. The number of aryl methyl sites for hydroxylation is 1. The number of benzene rings is 1. The molecule has 1 aliphatic heterocycles. The van der Waals surface area contributed by atoms with Gasteiger partial charge in [-0.05, 0) is 39.1 Å². The quantitative estimate of drug-likeness (QED) is 0.808. The van der Waals surface area contributed by atoms with Gasteiger partial charge in [-0.3, -0.25) is 4.21 Å². The zero-order valence-electron chi connectivity index (χ0n) is 11.3. The molecule has 0 bridgehead atoms. The van der Waals surface area contributed by atoms with Crippen LogP contribution in [0.1, 0.15) is 25.8 Å². The lowest BCUT2D eigenvalue weighted by molar-refractivity contribution is 0.418. The van der Waals surface area contributed by atoms with Crippen molar-refractivity contribution in [1.82, 2.24) is 4.90 Å². The molecule has 1 aromatic carbocycles. The summed E-state index contributed by atoms with van der Waals surface area (Å²) in [6.07, 6.45) is 1.05. The van der Waals surface area contributed by atoms with E-state index in [0.717, 1.165) is 24.4 Å². The van der Waals surface area contributed by atoms with Crippen molar-refractivity contribution >= 4 is 10.8 Å². The minimum absolute atomic E-state index is 0.317. The minimum atomic E-state index is -0.829. The summed E-state index contributed by atoms with van der Waals surface area (Å²) >= 11 is 0. The average Bonchev–Trinajstić information content (AvgIpc) is 2.79. The SMILES string of the molecule is CC.Cc1ccc(S(=O)C2CCN(C)C2)cc1. The Morgan fingerprint density at radius 1 is 1.24 bits per heavy atom. The third-order valence-electron chi connectivity index (χ3n) is 2.90. The van der Waals surface area contributed by atoms with Gasteiger partial charge in [0.1, 0.15) is 0 Å². The van der Waals surface area contributed by atoms with Crippen LogP contribution in [0.2, 0.25) is 0 Å². The predicted molar refractivity (Wildman–Crippen MR) is 74.8 cm³/mol. The molecule has 17 heavy (non-hydrogen) atoms. The van der Waals surface area contributed by atoms with Gasteiger partial charge in [-0.2, -0.15) is 0 Å². The number of likely N-dealkylation sites (tertiary alicyclic amines) is 1. The normalized spacial score (nSPS) is 21.8. The highest BCUT2D eigenvalue weighted by Gasteiger charge is 2.25. The first-order valence-corrected chi connectivity index (χ1v) is 7.54. The van der Waals surface area contributed by atoms with Crippen LogP contribution in [-0.2, 0) is 10.8 Å². The molecule has 2 unspecified atom stereocenters. The van der Waals surface area contributed by atoms with Crippen molar-refractivity contribution in [3.05, 3.63) is 29.8 Å². The highest BCUT2D eigenvalue weighted by Crippen LogP contribution is 2.19. The van der Waals surface area contributed by atoms with Gasteiger partial charge in [0.25, 0.3) is 0 Å². The van der Waals surface area contributed by atoms with Gasteiger partial charge in [0.15, 0.2) is 0 Å². The molecule has 96 valence electrons. The van der Waals surface area contributed by atoms with E-state index in [0.29, 0.717) is 5.25 Å². The fourth-order valence-electron chi connectivity index (χ4n) is 1.93. The van der Waals surface area contributed by atoms with E-state index < -0.39 is 10.8 Å². The summed E-state index contributed by atoms with van der Waals surface area (Å²) in [4.78, 5) is 3.22. The van der Waals surface area contributed by atoms with Crippen molar-refractivity contribution in [2.24, 2.45) is 0 Å². The molecule has 0 radical (unpaired) electrons. The predicted octanol–water partition coefficient (Wildman–Crippen LogP) is 2.83. The Balaban J connectivity index is 0.000000686. The lowest BCUT2D eigenvalue weighted by atomic mass is 10.2. The van der Waals surface area contributed by atoms with Gasteiger partial charge in [0.2, 0.25) is 0 Å². The molecule has 3 heteroatoms. The van der Waals surface area contributed by atoms with E-state index in [1.165, 1.54) is 5.56 Å². The highest BCUT2D eigenvalue weighted by molar-refractivity contribution is 7.85. The standard InChI is InChI=1S/C12H17NOS.C2H6/c1-10-3-5-11(6-4-10)15(14)12-7-8-13(2)9-12;1-2/h3-6,12H,7-9H2,1-2H3;1-2H3. The van der Waals surface area contributed by atoms with E-state index >= 15 is 0 Å². The van der Waals surface area contributed by atoms with Crippen molar-refractivity contribution in [2.45, 2.75) is 37.3 Å². The van der Waals surface area contributed by atoms with Crippen LogP contribution in [0.5, 0.6) is 0 Å². The van der Waals surface area contributed by atoms with Crippen molar-refractivity contribution in [2.75, 3.05) is 20.1 Å². The molecule has 2 atom stereocenters. The zero-order chi connectivity index (χ0) is 12.8. The second kappa shape index (κ2) is 6.92. The molecule has 0 aliphatic carbocycles. The molecular weight excluding hydrogens is 230 g/mol. The lowest BCUT2D eigenvalue weighted by Crippen LogP contribution is -2.20. The fraction of sp³-hybridized carbons (Fsp3) is 0.571. The molecular formula is C14H23NOS. The molecule has 1 saturated heterocycles. The van der Waals surface area contributed by atoms with Gasteiger partial charge in [-0.25, -0.2) is 0 Å². The first-order valence-electron chi connectivity index (χ1n) is 6.32. The summed E-state index contributed by atoms with van der Waals surface area (Å²) in [5.74, 6) is 0. The van der Waals surface area contributed by atoms with Crippen LogP contribution in [0.4, 0.5) is 0 Å². The van der Waals surface area contributed by atoms with Crippen molar-refractivity contribution in [3.8, 4) is 0 Å². The summed E-state index contributed by atoms with van der Waals surface area (Å²) in [7, 11) is 1.26. The maximum Gasteiger partial charge on any atom is 0.0574 e. The Hall–Kier alpha value is -0.670. The van der Waals surface area contributed by atoms with Crippen molar-refractivity contribution in [3.63, 3.8) is 0 Å². The Morgan fingerprint density at radius 3 is 2.29 bits per heavy atom. The second-order valence-electron chi connectivity index (χ2n) is 4.28. The molecule has 1 aliphatic rings. The van der Waals surface area contributed by atoms with Gasteiger partial charge in [0.05, 0.1) is 16.0 Å². The minimum Gasteiger partial charge on any atom is -0.305 e. The number of hydrogen-bond donors (Lipinski definition) is 0. The molecule has 0 saturated carbocycles. The Morgan fingerprint density at radius 2 is 1.82 bits per heavy atom. The third-order valence-corrected chi connectivity index (χ3v) is 4.63. The molecule has 0 amide bonds. The zero-order valence-corrected chi connectivity index (χ0v) is 12.1. The summed E-state index contributed by atoms with van der Waals surface area (Å²) < 4.78 is 12.2. The maximum atomic E-state index is 12.2. The average molecular weight is 253 g/mol. The fourth-order valence-corrected chi connectivity index (χ4v) is 3.43. The molecule has 1 heterocycles. The maximum absolute atomic E-state index is 12.2. The topological polar surface area (TPSA) is 20.3 Å². The van der Waals surface area contributed by atoms with E-state index in [1.54, 1.807) is 0 Å². The van der Waals surface area contributed by atoms with Crippen LogP contribution in [0.15, 0.2) is 29.2 Å². The molecule has 0 spiro atoms. The number of rotatable bonds is 2. The summed E-state index contributed by atoms with van der Waals surface area (Å²) in [6, 6.07) is 8.05. The smallest absolute Gasteiger partial charge is 0.0574 e. The second-order valence-corrected chi connectivity index (χ2v) is 6.02. The van der Waals surface area contributed by atoms with Gasteiger partial charge < -0.3 is 4.90 Å². The van der Waals surface area contributed by atoms with Crippen LogP contribution < -0.4 is 0 Å². The van der Waals surface area contributed by atoms with E-state index in [-0.39, 0.29) is 0 Å². The molecule has 1 fully saturated rings. The van der Waals surface area contributed by atoms with Crippen LogP contribution in [0, 0.1) is 6.92 Å². The van der Waals surface area contributed by atoms with E-state index in [1.807, 2.05) is 38.1 Å². The molecule has 0 N–H and O–H groups in total. The van der Waals surface area contributed by atoms with Gasteiger partial charge in [-0.1, -0.05) is 31.5 Å². The molecule has 2 nitrogen and oxygen atoms in total. The van der Waals surface area contributed by atoms with Crippen LogP contribution in [0.3, 0.4) is 0 Å². The first-order chi connectivity index (χ1) is 8.16. The van der Waals surface area contributed by atoms with Crippen LogP contribution in [0.25, 0.3) is 0 Å². The Bertz CT molecular complexity index is 361. The first kappa shape index (κ1) is 14.4. The summed E-state index contributed by atoms with van der Waals surface area (Å²) in [6.45, 7) is 8.08. The summed E-state index contributed by atoms with van der Waals surface area (Å²) in [5.41, 5.74) is 1.22. The van der Waals surface area contributed by atoms with Gasteiger partial charge >= 0.3 is 0 Å². The molecule has 1 aromatic rings. The van der Waals surface area contributed by atoms with E-state index in [4.69, 9.17) is 0 Å². The Kier molecular flexibility index (Phi) is 5.86. The number of hydrogen-bond acceptors (Lipinski definition) is 2. The Labute approximate surface area is 107 Å². The van der Waals surface area contributed by atoms with Crippen molar-refractivity contribution < 1.29 is 4.21 Å². The monoisotopic (exact) mass is 253 g/mol. The summed E-state index contributed by atoms with van der Waals surface area (Å²) in [5, 5.41) is 0.317. The van der Waals surface area contributed by atoms with Crippen molar-refractivity contribution in [1.29, 1.82) is 0 Å². The molecule has 2 rings (SSSR count). The number of nitrogens with zero attached hydrogens (tertiary/aromatic N) is 1. The van der Waals surface area contributed by atoms with Crippen LogP contribution >= 0.6 is 0 Å². The van der Waals surface area contributed by atoms with Gasteiger partial charge in [-0.15, -0.1) is 0 Å². The lowest BCUT2D eigenvalue weighted by Gasteiger charge is -2.10.